The van der Waals surface area contributed by atoms with E-state index in [1.54, 1.807) is 24.3 Å². The second-order valence-corrected chi connectivity index (χ2v) is 14.3. The Kier molecular flexibility index (Phi) is 11.5. The first-order valence-corrected chi connectivity index (χ1v) is 15.7. The minimum atomic E-state index is -3.74. The third-order valence-corrected chi connectivity index (χ3v) is 8.43. The number of sulfonamides is 1. The van der Waals surface area contributed by atoms with E-state index in [1.807, 2.05) is 53.7 Å². The van der Waals surface area contributed by atoms with Crippen molar-refractivity contribution in [1.82, 2.24) is 0 Å². The van der Waals surface area contributed by atoms with Crippen LogP contribution in [0.3, 0.4) is 0 Å². The second-order valence-electron chi connectivity index (χ2n) is 12.6. The highest BCUT2D eigenvalue weighted by molar-refractivity contribution is 7.92. The summed E-state index contributed by atoms with van der Waals surface area (Å²) in [4.78, 5) is 0.252. The molecule has 0 heterocycles. The summed E-state index contributed by atoms with van der Waals surface area (Å²) in [6.07, 6.45) is 14.1. The van der Waals surface area contributed by atoms with E-state index in [0.717, 1.165) is 24.0 Å². The fraction of sp³-hybridized carbons (Fsp3) is 0.625. The molecule has 2 N–H and O–H groups in total. The molecule has 0 saturated heterocycles. The molecule has 2 aromatic rings. The molecule has 0 aliphatic carbocycles. The first-order chi connectivity index (χ1) is 17.3. The molecule has 0 aromatic heterocycles. The van der Waals surface area contributed by atoms with Gasteiger partial charge >= 0.3 is 0 Å². The average molecular weight is 530 g/mol. The summed E-state index contributed by atoms with van der Waals surface area (Å²) in [5, 5.41) is 10.9. The van der Waals surface area contributed by atoms with Crippen LogP contribution in [0.1, 0.15) is 129 Å². The molecule has 2 aromatic carbocycles. The van der Waals surface area contributed by atoms with Crippen LogP contribution in [0.15, 0.2) is 41.3 Å². The van der Waals surface area contributed by atoms with Gasteiger partial charge in [-0.1, -0.05) is 118 Å². The van der Waals surface area contributed by atoms with E-state index in [1.165, 1.54) is 63.4 Å². The van der Waals surface area contributed by atoms with Crippen LogP contribution in [0.25, 0.3) is 0 Å². The molecule has 0 fully saturated rings. The van der Waals surface area contributed by atoms with Crippen molar-refractivity contribution in [3.8, 4) is 5.75 Å². The molecule has 0 spiro atoms. The number of benzene rings is 2. The first kappa shape index (κ1) is 31.2. The predicted molar refractivity (Wildman–Crippen MR) is 158 cm³/mol. The van der Waals surface area contributed by atoms with Crippen molar-refractivity contribution in [2.45, 2.75) is 135 Å². The maximum atomic E-state index is 13.2. The Hall–Kier alpha value is -2.01. The van der Waals surface area contributed by atoms with Gasteiger partial charge in [-0.3, -0.25) is 4.72 Å². The molecule has 0 atom stereocenters. The number of hydrogen-bond acceptors (Lipinski definition) is 3. The van der Waals surface area contributed by atoms with E-state index >= 15 is 0 Å². The van der Waals surface area contributed by atoms with E-state index in [0.29, 0.717) is 5.69 Å². The average Bonchev–Trinajstić information content (AvgIpc) is 2.80. The zero-order valence-electron chi connectivity index (χ0n) is 24.4. The quantitative estimate of drug-likeness (QED) is 0.189. The summed E-state index contributed by atoms with van der Waals surface area (Å²) >= 11 is 0. The van der Waals surface area contributed by atoms with Gasteiger partial charge in [-0.15, -0.1) is 0 Å². The minimum Gasteiger partial charge on any atom is -0.507 e. The van der Waals surface area contributed by atoms with Crippen LogP contribution in [-0.4, -0.2) is 13.5 Å². The molecular formula is C32H51NO3S. The van der Waals surface area contributed by atoms with Gasteiger partial charge in [0.1, 0.15) is 5.75 Å². The fourth-order valence-electron chi connectivity index (χ4n) is 4.70. The van der Waals surface area contributed by atoms with Gasteiger partial charge in [-0.05, 0) is 53.5 Å². The summed E-state index contributed by atoms with van der Waals surface area (Å²) in [5.41, 5.74) is 2.44. The highest BCUT2D eigenvalue weighted by Gasteiger charge is 2.27. The van der Waals surface area contributed by atoms with Crippen molar-refractivity contribution in [2.75, 3.05) is 4.72 Å². The zero-order chi connectivity index (χ0) is 27.7. The fourth-order valence-corrected chi connectivity index (χ4v) is 5.74. The van der Waals surface area contributed by atoms with Crippen LogP contribution in [0.4, 0.5) is 5.69 Å². The number of unbranched alkanes of at least 4 members (excludes halogenated alkanes) is 9. The highest BCUT2D eigenvalue weighted by Crippen LogP contribution is 2.41. The summed E-state index contributed by atoms with van der Waals surface area (Å²) in [7, 11) is -3.74. The monoisotopic (exact) mass is 529 g/mol. The smallest absolute Gasteiger partial charge is 0.261 e. The molecule has 0 aliphatic rings. The molecule has 0 aliphatic heterocycles. The zero-order valence-corrected chi connectivity index (χ0v) is 25.2. The van der Waals surface area contributed by atoms with Gasteiger partial charge in [0.25, 0.3) is 10.0 Å². The lowest BCUT2D eigenvalue weighted by Crippen LogP contribution is -2.19. The van der Waals surface area contributed by atoms with Gasteiger partial charge in [-0.2, -0.15) is 0 Å². The van der Waals surface area contributed by atoms with Gasteiger partial charge in [0.05, 0.1) is 4.90 Å². The molecule has 0 bridgehead atoms. The van der Waals surface area contributed by atoms with Crippen LogP contribution in [0.2, 0.25) is 0 Å². The maximum absolute atomic E-state index is 13.2. The van der Waals surface area contributed by atoms with Gasteiger partial charge in [0, 0.05) is 16.8 Å². The van der Waals surface area contributed by atoms with E-state index in [2.05, 4.69) is 11.6 Å². The number of aryl methyl sites for hydroxylation is 1. The van der Waals surface area contributed by atoms with Gasteiger partial charge in [0.2, 0.25) is 0 Å². The summed E-state index contributed by atoms with van der Waals surface area (Å²) in [5.74, 6) is 0.235. The van der Waals surface area contributed by atoms with Crippen LogP contribution in [0, 0.1) is 0 Å². The first-order valence-electron chi connectivity index (χ1n) is 14.3. The molecule has 0 amide bonds. The molecule has 0 radical (unpaired) electrons. The van der Waals surface area contributed by atoms with E-state index < -0.39 is 10.0 Å². The molecule has 37 heavy (non-hydrogen) atoms. The van der Waals surface area contributed by atoms with Crippen molar-refractivity contribution in [2.24, 2.45) is 0 Å². The standard InChI is InChI=1S/C32H51NO3S/c1-8-9-10-11-12-13-14-15-16-17-18-25-19-21-27(22-20-25)37(35,36)33-26-23-28(31(2,3)4)30(34)29(24-26)32(5,6)7/h19-24,33-34H,8-18H2,1-7H3. The Labute approximate surface area is 227 Å². The molecule has 4 nitrogen and oxygen atoms in total. The number of phenols is 1. The highest BCUT2D eigenvalue weighted by atomic mass is 32.2. The van der Waals surface area contributed by atoms with Gasteiger partial charge < -0.3 is 5.11 Å². The Morgan fingerprint density at radius 3 is 1.57 bits per heavy atom. The Balaban J connectivity index is 1.98. The van der Waals surface area contributed by atoms with Gasteiger partial charge in [0.15, 0.2) is 0 Å². The number of phenolic OH excluding ortho intramolecular Hbond substituents is 1. The van der Waals surface area contributed by atoms with Crippen molar-refractivity contribution >= 4 is 15.7 Å². The predicted octanol–water partition coefficient (Wildman–Crippen LogP) is 9.25. The SMILES string of the molecule is CCCCCCCCCCCCc1ccc(S(=O)(=O)Nc2cc(C(C)(C)C)c(O)c(C(C)(C)C)c2)cc1. The number of hydrogen-bond donors (Lipinski definition) is 2. The summed E-state index contributed by atoms with van der Waals surface area (Å²) in [6, 6.07) is 10.8. The number of anilines is 1. The second kappa shape index (κ2) is 13.7. The van der Waals surface area contributed by atoms with Crippen LogP contribution < -0.4 is 4.72 Å². The Morgan fingerprint density at radius 2 is 1.14 bits per heavy atom. The largest absolute Gasteiger partial charge is 0.507 e. The molecule has 2 rings (SSSR count). The number of nitrogens with one attached hydrogen (secondary N) is 1. The van der Waals surface area contributed by atoms with E-state index in [-0.39, 0.29) is 21.5 Å². The van der Waals surface area contributed by atoms with Gasteiger partial charge in [-0.25, -0.2) is 8.42 Å². The number of aromatic hydroxyl groups is 1. The van der Waals surface area contributed by atoms with Crippen molar-refractivity contribution in [3.05, 3.63) is 53.1 Å². The van der Waals surface area contributed by atoms with Crippen LogP contribution in [0.5, 0.6) is 5.75 Å². The minimum absolute atomic E-state index is 0.235. The Morgan fingerprint density at radius 1 is 0.703 bits per heavy atom. The summed E-state index contributed by atoms with van der Waals surface area (Å²) < 4.78 is 29.1. The third-order valence-electron chi connectivity index (χ3n) is 7.03. The molecule has 0 unspecified atom stereocenters. The Bertz CT molecular complexity index is 1040. The molecule has 0 saturated carbocycles. The molecule has 5 heteroatoms. The lowest BCUT2D eigenvalue weighted by atomic mass is 9.79. The molecule has 208 valence electrons. The lowest BCUT2D eigenvalue weighted by molar-refractivity contribution is 0.423. The topological polar surface area (TPSA) is 66.4 Å². The van der Waals surface area contributed by atoms with E-state index in [4.69, 9.17) is 0 Å². The lowest BCUT2D eigenvalue weighted by Gasteiger charge is -2.28. The van der Waals surface area contributed by atoms with Crippen molar-refractivity contribution in [1.29, 1.82) is 0 Å². The van der Waals surface area contributed by atoms with Crippen LogP contribution >= 0.6 is 0 Å². The number of rotatable bonds is 14. The molecular weight excluding hydrogens is 478 g/mol. The summed E-state index contributed by atoms with van der Waals surface area (Å²) in [6.45, 7) is 14.3. The maximum Gasteiger partial charge on any atom is 0.261 e. The van der Waals surface area contributed by atoms with E-state index in [9.17, 15) is 13.5 Å². The van der Waals surface area contributed by atoms with Crippen molar-refractivity contribution < 1.29 is 13.5 Å². The van der Waals surface area contributed by atoms with Crippen LogP contribution in [-0.2, 0) is 27.3 Å². The normalized spacial score (nSPS) is 12.6. The van der Waals surface area contributed by atoms with Crippen molar-refractivity contribution in [3.63, 3.8) is 0 Å². The third kappa shape index (κ3) is 10.00.